The van der Waals surface area contributed by atoms with Crippen molar-refractivity contribution in [1.29, 1.82) is 0 Å². The van der Waals surface area contributed by atoms with E-state index in [0.29, 0.717) is 43.1 Å². The van der Waals surface area contributed by atoms with Gasteiger partial charge in [0.1, 0.15) is 0 Å². The van der Waals surface area contributed by atoms with Gasteiger partial charge >= 0.3 is 0 Å². The SMILES string of the molecule is O=C(NCc1ccccc1Cl)C1CCN(C(=O)c2ccccc2)CC1. The number of rotatable bonds is 4. The highest BCUT2D eigenvalue weighted by atomic mass is 35.5. The highest BCUT2D eigenvalue weighted by Crippen LogP contribution is 2.20. The Balaban J connectivity index is 1.49. The lowest BCUT2D eigenvalue weighted by atomic mass is 9.95. The molecule has 130 valence electrons. The lowest BCUT2D eigenvalue weighted by Crippen LogP contribution is -2.42. The summed E-state index contributed by atoms with van der Waals surface area (Å²) in [7, 11) is 0. The van der Waals surface area contributed by atoms with Crippen molar-refractivity contribution in [3.63, 3.8) is 0 Å². The summed E-state index contributed by atoms with van der Waals surface area (Å²) in [4.78, 5) is 26.6. The van der Waals surface area contributed by atoms with Gasteiger partial charge in [0.2, 0.25) is 5.91 Å². The Hall–Kier alpha value is -2.33. The van der Waals surface area contributed by atoms with Crippen LogP contribution >= 0.6 is 11.6 Å². The molecule has 1 saturated heterocycles. The van der Waals surface area contributed by atoms with E-state index < -0.39 is 0 Å². The lowest BCUT2D eigenvalue weighted by Gasteiger charge is -2.31. The Morgan fingerprint density at radius 3 is 2.32 bits per heavy atom. The van der Waals surface area contributed by atoms with E-state index in [9.17, 15) is 9.59 Å². The molecule has 1 heterocycles. The summed E-state index contributed by atoms with van der Waals surface area (Å²) in [6, 6.07) is 16.8. The molecule has 1 fully saturated rings. The van der Waals surface area contributed by atoms with Gasteiger partial charge in [-0.3, -0.25) is 9.59 Å². The molecule has 3 rings (SSSR count). The maximum atomic E-state index is 12.4. The normalized spacial score (nSPS) is 15.0. The number of hydrogen-bond donors (Lipinski definition) is 1. The maximum absolute atomic E-state index is 12.4. The average molecular weight is 357 g/mol. The van der Waals surface area contributed by atoms with E-state index in [2.05, 4.69) is 5.32 Å². The van der Waals surface area contributed by atoms with Crippen molar-refractivity contribution in [2.24, 2.45) is 5.92 Å². The number of nitrogens with zero attached hydrogens (tertiary/aromatic N) is 1. The summed E-state index contributed by atoms with van der Waals surface area (Å²) in [6.45, 7) is 1.65. The molecular weight excluding hydrogens is 336 g/mol. The van der Waals surface area contributed by atoms with Crippen LogP contribution in [0.5, 0.6) is 0 Å². The number of carbonyl (C=O) groups excluding carboxylic acids is 2. The summed E-state index contributed by atoms with van der Waals surface area (Å²) >= 11 is 6.11. The van der Waals surface area contributed by atoms with Crippen LogP contribution in [0.2, 0.25) is 5.02 Å². The van der Waals surface area contributed by atoms with Crippen molar-refractivity contribution in [3.8, 4) is 0 Å². The number of amides is 2. The molecule has 0 unspecified atom stereocenters. The van der Waals surface area contributed by atoms with Gasteiger partial charge in [0, 0.05) is 36.1 Å². The van der Waals surface area contributed by atoms with E-state index in [1.807, 2.05) is 59.5 Å². The zero-order chi connectivity index (χ0) is 17.6. The zero-order valence-electron chi connectivity index (χ0n) is 14.0. The Labute approximate surface area is 152 Å². The molecule has 0 radical (unpaired) electrons. The highest BCUT2D eigenvalue weighted by Gasteiger charge is 2.27. The average Bonchev–Trinajstić information content (AvgIpc) is 2.67. The maximum Gasteiger partial charge on any atom is 0.253 e. The van der Waals surface area contributed by atoms with Crippen LogP contribution < -0.4 is 5.32 Å². The summed E-state index contributed by atoms with van der Waals surface area (Å²) in [5.74, 6) is 0.0181. The van der Waals surface area contributed by atoms with Crippen LogP contribution in [0.15, 0.2) is 54.6 Å². The molecule has 2 aromatic rings. The van der Waals surface area contributed by atoms with Crippen molar-refractivity contribution in [2.75, 3.05) is 13.1 Å². The van der Waals surface area contributed by atoms with Crippen LogP contribution in [0.1, 0.15) is 28.8 Å². The first-order valence-electron chi connectivity index (χ1n) is 8.50. The van der Waals surface area contributed by atoms with E-state index in [1.54, 1.807) is 0 Å². The third-order valence-corrected chi connectivity index (χ3v) is 4.95. The van der Waals surface area contributed by atoms with Crippen LogP contribution in [0.4, 0.5) is 0 Å². The van der Waals surface area contributed by atoms with Gasteiger partial charge in [-0.05, 0) is 36.6 Å². The number of carbonyl (C=O) groups is 2. The number of piperidine rings is 1. The molecule has 4 nitrogen and oxygen atoms in total. The molecule has 0 aromatic heterocycles. The standard InChI is InChI=1S/C20H21ClN2O2/c21-18-9-5-4-8-17(18)14-22-19(24)15-10-12-23(13-11-15)20(25)16-6-2-1-3-7-16/h1-9,15H,10-14H2,(H,22,24). The van der Waals surface area contributed by atoms with E-state index in [-0.39, 0.29) is 17.7 Å². The predicted molar refractivity (Wildman–Crippen MR) is 98.4 cm³/mol. The zero-order valence-corrected chi connectivity index (χ0v) is 14.7. The molecule has 1 aliphatic rings. The smallest absolute Gasteiger partial charge is 0.253 e. The van der Waals surface area contributed by atoms with Gasteiger partial charge in [-0.15, -0.1) is 0 Å². The van der Waals surface area contributed by atoms with Crippen molar-refractivity contribution in [1.82, 2.24) is 10.2 Å². The Morgan fingerprint density at radius 2 is 1.64 bits per heavy atom. The molecule has 0 saturated carbocycles. The lowest BCUT2D eigenvalue weighted by molar-refractivity contribution is -0.126. The van der Waals surface area contributed by atoms with Gasteiger partial charge in [-0.1, -0.05) is 48.0 Å². The molecule has 0 atom stereocenters. The van der Waals surface area contributed by atoms with Crippen LogP contribution in [0.3, 0.4) is 0 Å². The van der Waals surface area contributed by atoms with E-state index in [1.165, 1.54) is 0 Å². The largest absolute Gasteiger partial charge is 0.352 e. The Morgan fingerprint density at radius 1 is 1.00 bits per heavy atom. The minimum absolute atomic E-state index is 0.0340. The summed E-state index contributed by atoms with van der Waals surface area (Å²) in [5, 5.41) is 3.62. The molecule has 0 aliphatic carbocycles. The van der Waals surface area contributed by atoms with Gasteiger partial charge in [0.15, 0.2) is 0 Å². The second-order valence-corrected chi connectivity index (χ2v) is 6.65. The van der Waals surface area contributed by atoms with Crippen molar-refractivity contribution in [3.05, 3.63) is 70.7 Å². The van der Waals surface area contributed by atoms with Crippen LogP contribution in [-0.4, -0.2) is 29.8 Å². The van der Waals surface area contributed by atoms with Crippen LogP contribution in [0, 0.1) is 5.92 Å². The van der Waals surface area contributed by atoms with Crippen molar-refractivity contribution >= 4 is 23.4 Å². The molecule has 2 aromatic carbocycles. The molecular formula is C20H21ClN2O2. The van der Waals surface area contributed by atoms with Crippen LogP contribution in [-0.2, 0) is 11.3 Å². The first-order valence-corrected chi connectivity index (χ1v) is 8.88. The summed E-state index contributed by atoms with van der Waals surface area (Å²) < 4.78 is 0. The van der Waals surface area contributed by atoms with Gasteiger partial charge in [0.05, 0.1) is 0 Å². The van der Waals surface area contributed by atoms with Gasteiger partial charge in [-0.25, -0.2) is 0 Å². The van der Waals surface area contributed by atoms with E-state index in [4.69, 9.17) is 11.6 Å². The number of hydrogen-bond acceptors (Lipinski definition) is 2. The van der Waals surface area contributed by atoms with Gasteiger partial charge in [-0.2, -0.15) is 0 Å². The summed E-state index contributed by atoms with van der Waals surface area (Å²) in [5.41, 5.74) is 1.61. The predicted octanol–water partition coefficient (Wildman–Crippen LogP) is 3.51. The molecule has 0 bridgehead atoms. The molecule has 25 heavy (non-hydrogen) atoms. The quantitative estimate of drug-likeness (QED) is 0.911. The summed E-state index contributed by atoms with van der Waals surface area (Å²) in [6.07, 6.45) is 1.37. The Kier molecular flexibility index (Phi) is 5.71. The topological polar surface area (TPSA) is 49.4 Å². The molecule has 0 spiro atoms. The molecule has 1 aliphatic heterocycles. The van der Waals surface area contributed by atoms with E-state index >= 15 is 0 Å². The monoisotopic (exact) mass is 356 g/mol. The molecule has 2 amide bonds. The minimum Gasteiger partial charge on any atom is -0.352 e. The fourth-order valence-corrected chi connectivity index (χ4v) is 3.28. The van der Waals surface area contributed by atoms with Crippen molar-refractivity contribution in [2.45, 2.75) is 19.4 Å². The fourth-order valence-electron chi connectivity index (χ4n) is 3.08. The third-order valence-electron chi connectivity index (χ3n) is 4.58. The van der Waals surface area contributed by atoms with Gasteiger partial charge in [0.25, 0.3) is 5.91 Å². The van der Waals surface area contributed by atoms with Gasteiger partial charge < -0.3 is 10.2 Å². The molecule has 1 N–H and O–H groups in total. The number of halogens is 1. The number of nitrogens with one attached hydrogen (secondary N) is 1. The second kappa shape index (κ2) is 8.17. The molecule has 5 heteroatoms. The first kappa shape index (κ1) is 17.5. The van der Waals surface area contributed by atoms with Crippen molar-refractivity contribution < 1.29 is 9.59 Å². The fraction of sp³-hybridized carbons (Fsp3) is 0.300. The third kappa shape index (κ3) is 4.40. The number of likely N-dealkylation sites (tertiary alicyclic amines) is 1. The van der Waals surface area contributed by atoms with E-state index in [0.717, 1.165) is 5.56 Å². The second-order valence-electron chi connectivity index (χ2n) is 6.24. The first-order chi connectivity index (χ1) is 12.1. The number of benzene rings is 2. The Bertz CT molecular complexity index is 740. The van der Waals surface area contributed by atoms with Crippen LogP contribution in [0.25, 0.3) is 0 Å². The minimum atomic E-state index is -0.0534. The highest BCUT2D eigenvalue weighted by molar-refractivity contribution is 6.31.